The first-order chi connectivity index (χ1) is 12.8. The minimum atomic E-state index is -1.27. The molecule has 140 valence electrons. The van der Waals surface area contributed by atoms with Crippen molar-refractivity contribution in [2.75, 3.05) is 7.11 Å². The lowest BCUT2D eigenvalue weighted by molar-refractivity contribution is 0.385. The molecule has 0 aliphatic heterocycles. The minimum Gasteiger partial charge on any atom is -0.494 e. The van der Waals surface area contributed by atoms with Gasteiger partial charge in [0.15, 0.2) is 11.6 Å². The van der Waals surface area contributed by atoms with Gasteiger partial charge in [0.25, 0.3) is 0 Å². The molecule has 0 fully saturated rings. The fourth-order valence-electron chi connectivity index (χ4n) is 2.53. The molecule has 2 aromatic carbocycles. The first-order valence-corrected chi connectivity index (χ1v) is 7.57. The van der Waals surface area contributed by atoms with Crippen LogP contribution in [0.15, 0.2) is 50.8 Å². The molecule has 0 saturated carbocycles. The molecule has 0 radical (unpaired) electrons. The van der Waals surface area contributed by atoms with E-state index in [0.29, 0.717) is 9.13 Å². The summed E-state index contributed by atoms with van der Waals surface area (Å²) in [6.07, 6.45) is 0. The Morgan fingerprint density at radius 2 is 1.59 bits per heavy atom. The number of benzene rings is 2. The van der Waals surface area contributed by atoms with Crippen molar-refractivity contribution in [1.82, 2.24) is 14.1 Å². The summed E-state index contributed by atoms with van der Waals surface area (Å²) in [5.41, 5.74) is -4.70. The number of hydrogen-bond acceptors (Lipinski definition) is 4. The van der Waals surface area contributed by atoms with Crippen LogP contribution in [0, 0.1) is 17.5 Å². The van der Waals surface area contributed by atoms with Gasteiger partial charge < -0.3 is 4.74 Å². The van der Waals surface area contributed by atoms with E-state index in [1.807, 2.05) is 4.98 Å². The van der Waals surface area contributed by atoms with Gasteiger partial charge in [-0.25, -0.2) is 36.7 Å². The van der Waals surface area contributed by atoms with E-state index in [4.69, 9.17) is 4.74 Å². The van der Waals surface area contributed by atoms with Crippen LogP contribution in [-0.2, 0) is 6.54 Å². The number of H-pyrrole nitrogens is 1. The van der Waals surface area contributed by atoms with Crippen LogP contribution in [0.25, 0.3) is 5.69 Å². The summed E-state index contributed by atoms with van der Waals surface area (Å²) in [6.45, 7) is -0.793. The van der Waals surface area contributed by atoms with E-state index in [2.05, 4.69) is 0 Å². The highest BCUT2D eigenvalue weighted by Crippen LogP contribution is 2.21. The van der Waals surface area contributed by atoms with Gasteiger partial charge in [0.05, 0.1) is 19.3 Å². The normalized spacial score (nSPS) is 10.8. The lowest BCUT2D eigenvalue weighted by Crippen LogP contribution is -2.49. The second-order valence-electron chi connectivity index (χ2n) is 5.43. The second kappa shape index (κ2) is 6.98. The summed E-state index contributed by atoms with van der Waals surface area (Å²) in [7, 11) is 1.19. The maximum atomic E-state index is 14.5. The molecule has 1 aromatic heterocycles. The van der Waals surface area contributed by atoms with Crippen molar-refractivity contribution in [3.63, 3.8) is 0 Å². The average Bonchev–Trinajstić information content (AvgIpc) is 2.62. The van der Waals surface area contributed by atoms with Crippen molar-refractivity contribution in [2.24, 2.45) is 0 Å². The summed E-state index contributed by atoms with van der Waals surface area (Å²) in [5.74, 6) is -3.22. The fraction of sp³-hybridized carbons (Fsp3) is 0.118. The molecule has 0 unspecified atom stereocenters. The van der Waals surface area contributed by atoms with Crippen LogP contribution < -0.4 is 21.8 Å². The van der Waals surface area contributed by atoms with Gasteiger partial charge in [-0.05, 0) is 24.3 Å². The van der Waals surface area contributed by atoms with Crippen molar-refractivity contribution in [3.05, 3.63) is 90.9 Å². The van der Waals surface area contributed by atoms with Crippen LogP contribution in [0.1, 0.15) is 5.56 Å². The highest BCUT2D eigenvalue weighted by atomic mass is 19.1. The molecule has 10 heteroatoms. The Hall–Kier alpha value is -3.56. The minimum absolute atomic E-state index is 0.239. The number of ether oxygens (including phenoxy) is 1. The molecule has 3 rings (SSSR count). The largest absolute Gasteiger partial charge is 0.494 e. The first-order valence-electron chi connectivity index (χ1n) is 7.57. The van der Waals surface area contributed by atoms with Gasteiger partial charge in [-0.3, -0.25) is 4.98 Å². The number of nitrogens with one attached hydrogen (secondary N) is 1. The van der Waals surface area contributed by atoms with Crippen LogP contribution in [-0.4, -0.2) is 21.2 Å². The maximum absolute atomic E-state index is 14.5. The molecule has 0 bridgehead atoms. The molecule has 0 aliphatic rings. The SMILES string of the molecule is COc1cccc(-n2c(=O)[nH]c(=O)n(Cc3c(F)cccc3F)c2=O)c1F. The van der Waals surface area contributed by atoms with Crippen LogP contribution >= 0.6 is 0 Å². The monoisotopic (exact) mass is 379 g/mol. The number of halogens is 3. The van der Waals surface area contributed by atoms with Crippen molar-refractivity contribution >= 4 is 0 Å². The van der Waals surface area contributed by atoms with Gasteiger partial charge in [0.2, 0.25) is 0 Å². The van der Waals surface area contributed by atoms with E-state index >= 15 is 0 Å². The van der Waals surface area contributed by atoms with Crippen LogP contribution in [0.4, 0.5) is 13.2 Å². The molecule has 27 heavy (non-hydrogen) atoms. The fourth-order valence-corrected chi connectivity index (χ4v) is 2.53. The van der Waals surface area contributed by atoms with Gasteiger partial charge in [-0.2, -0.15) is 0 Å². The number of nitrogens with zero attached hydrogens (tertiary/aromatic N) is 2. The standard InChI is InChI=1S/C17H12F3N3O4/c1-27-13-7-3-6-12(14(13)20)23-16(25)21-15(24)22(17(23)26)8-9-10(18)4-2-5-11(9)19/h2-7H,8H2,1H3,(H,21,24,25). The number of aromatic nitrogens is 3. The first kappa shape index (κ1) is 18.2. The van der Waals surface area contributed by atoms with Gasteiger partial charge in [-0.1, -0.05) is 12.1 Å². The van der Waals surface area contributed by atoms with Crippen molar-refractivity contribution in [2.45, 2.75) is 6.54 Å². The Bertz CT molecular complexity index is 1180. The number of rotatable bonds is 4. The number of aromatic amines is 1. The second-order valence-corrected chi connectivity index (χ2v) is 5.43. The molecule has 0 spiro atoms. The Balaban J connectivity index is 2.26. The van der Waals surface area contributed by atoms with Crippen molar-refractivity contribution in [3.8, 4) is 11.4 Å². The zero-order valence-corrected chi connectivity index (χ0v) is 13.8. The Morgan fingerprint density at radius 3 is 2.22 bits per heavy atom. The van der Waals surface area contributed by atoms with Gasteiger partial charge in [0.1, 0.15) is 11.6 Å². The zero-order chi connectivity index (χ0) is 19.7. The van der Waals surface area contributed by atoms with Crippen molar-refractivity contribution < 1.29 is 17.9 Å². The van der Waals surface area contributed by atoms with Crippen LogP contribution in [0.2, 0.25) is 0 Å². The summed E-state index contributed by atoms with van der Waals surface area (Å²) in [5, 5.41) is 0. The third-order valence-corrected chi connectivity index (χ3v) is 3.87. The van der Waals surface area contributed by atoms with E-state index < -0.39 is 52.3 Å². The highest BCUT2D eigenvalue weighted by molar-refractivity contribution is 5.41. The average molecular weight is 379 g/mol. The quantitative estimate of drug-likeness (QED) is 0.737. The molecule has 7 nitrogen and oxygen atoms in total. The number of hydrogen-bond donors (Lipinski definition) is 1. The topological polar surface area (TPSA) is 86.1 Å². The molecule has 3 aromatic rings. The predicted molar refractivity (Wildman–Crippen MR) is 88.9 cm³/mol. The van der Waals surface area contributed by atoms with Crippen LogP contribution in [0.3, 0.4) is 0 Å². The molecular weight excluding hydrogens is 367 g/mol. The van der Waals surface area contributed by atoms with E-state index in [1.165, 1.54) is 19.2 Å². The lowest BCUT2D eigenvalue weighted by Gasteiger charge is -2.12. The molecule has 0 atom stereocenters. The summed E-state index contributed by atoms with van der Waals surface area (Å²) >= 11 is 0. The molecule has 0 amide bonds. The molecular formula is C17H12F3N3O4. The smallest absolute Gasteiger partial charge is 0.341 e. The molecule has 1 heterocycles. The van der Waals surface area contributed by atoms with Gasteiger partial charge in [-0.15, -0.1) is 0 Å². The van der Waals surface area contributed by atoms with Crippen LogP contribution in [0.5, 0.6) is 5.75 Å². The zero-order valence-electron chi connectivity index (χ0n) is 13.8. The summed E-state index contributed by atoms with van der Waals surface area (Å²) < 4.78 is 47.7. The number of methoxy groups -OCH3 is 1. The van der Waals surface area contributed by atoms with Crippen molar-refractivity contribution in [1.29, 1.82) is 0 Å². The molecule has 0 saturated heterocycles. The summed E-state index contributed by atoms with van der Waals surface area (Å²) in [6, 6.07) is 6.74. The van der Waals surface area contributed by atoms with Gasteiger partial charge >= 0.3 is 17.1 Å². The summed E-state index contributed by atoms with van der Waals surface area (Å²) in [4.78, 5) is 38.6. The Kier molecular flexibility index (Phi) is 4.72. The van der Waals surface area contributed by atoms with Gasteiger partial charge in [0, 0.05) is 5.56 Å². The maximum Gasteiger partial charge on any atom is 0.341 e. The molecule has 1 N–H and O–H groups in total. The van der Waals surface area contributed by atoms with E-state index in [1.54, 1.807) is 0 Å². The predicted octanol–water partition coefficient (Wildman–Crippen LogP) is 1.16. The van der Waals surface area contributed by atoms with E-state index in [0.717, 1.165) is 24.3 Å². The Labute approximate surface area is 148 Å². The van der Waals surface area contributed by atoms with E-state index in [-0.39, 0.29) is 5.75 Å². The Morgan fingerprint density at radius 1 is 0.963 bits per heavy atom. The highest BCUT2D eigenvalue weighted by Gasteiger charge is 2.19. The molecule has 0 aliphatic carbocycles. The third kappa shape index (κ3) is 3.16. The third-order valence-electron chi connectivity index (χ3n) is 3.87. The van der Waals surface area contributed by atoms with E-state index in [9.17, 15) is 27.6 Å². The lowest BCUT2D eigenvalue weighted by atomic mass is 10.2.